The van der Waals surface area contributed by atoms with E-state index in [2.05, 4.69) is 41.9 Å². The fourth-order valence-corrected chi connectivity index (χ4v) is 2.68. The molecule has 0 aromatic heterocycles. The van der Waals surface area contributed by atoms with Crippen LogP contribution in [0.1, 0.15) is 11.1 Å². The van der Waals surface area contributed by atoms with Gasteiger partial charge in [0.25, 0.3) is 0 Å². The van der Waals surface area contributed by atoms with Crippen LogP contribution in [0.4, 0.5) is 14.5 Å². The standard InChI is InChI=1S/C15H13Br2F2NO/c1-9-3-2-4-12(14(9)17)20-8-10-7-11(16)5-6-13(10)21-15(18)19/h2-7,15,20H,8H2,1H3. The summed E-state index contributed by atoms with van der Waals surface area (Å²) < 4.78 is 31.1. The van der Waals surface area contributed by atoms with Crippen LogP contribution in [-0.4, -0.2) is 6.61 Å². The van der Waals surface area contributed by atoms with E-state index in [1.165, 1.54) is 6.07 Å². The summed E-state index contributed by atoms with van der Waals surface area (Å²) in [4.78, 5) is 0. The number of benzene rings is 2. The number of nitrogens with one attached hydrogen (secondary N) is 1. The Morgan fingerprint density at radius 1 is 1.19 bits per heavy atom. The molecule has 0 saturated heterocycles. The van der Waals surface area contributed by atoms with E-state index in [0.29, 0.717) is 12.1 Å². The zero-order chi connectivity index (χ0) is 15.4. The molecule has 6 heteroatoms. The molecule has 0 aliphatic heterocycles. The molecule has 0 bridgehead atoms. The van der Waals surface area contributed by atoms with Crippen molar-refractivity contribution in [3.05, 3.63) is 56.5 Å². The molecular weight excluding hydrogens is 408 g/mol. The minimum atomic E-state index is -2.84. The van der Waals surface area contributed by atoms with Crippen molar-refractivity contribution in [2.75, 3.05) is 5.32 Å². The molecule has 0 heterocycles. The number of aryl methyl sites for hydroxylation is 1. The Bertz CT molecular complexity index is 635. The van der Waals surface area contributed by atoms with Crippen LogP contribution in [0, 0.1) is 6.92 Å². The first-order chi connectivity index (χ1) is 9.97. The second-order valence-electron chi connectivity index (χ2n) is 4.42. The van der Waals surface area contributed by atoms with E-state index in [1.54, 1.807) is 12.1 Å². The summed E-state index contributed by atoms with van der Waals surface area (Å²) in [5, 5.41) is 3.22. The Hall–Kier alpha value is -1.14. The quantitative estimate of drug-likeness (QED) is 0.666. The fraction of sp³-hybridized carbons (Fsp3) is 0.200. The first kappa shape index (κ1) is 16.2. The molecule has 0 amide bonds. The normalized spacial score (nSPS) is 10.8. The maximum Gasteiger partial charge on any atom is 0.387 e. The van der Waals surface area contributed by atoms with Crippen molar-refractivity contribution in [1.82, 2.24) is 0 Å². The summed E-state index contributed by atoms with van der Waals surface area (Å²) in [5.74, 6) is 0.171. The molecule has 2 aromatic carbocycles. The molecule has 0 fully saturated rings. The molecule has 2 rings (SSSR count). The number of ether oxygens (including phenoxy) is 1. The van der Waals surface area contributed by atoms with Gasteiger partial charge in [-0.05, 0) is 52.7 Å². The monoisotopic (exact) mass is 419 g/mol. The van der Waals surface area contributed by atoms with Crippen molar-refractivity contribution < 1.29 is 13.5 Å². The third kappa shape index (κ3) is 4.41. The number of hydrogen-bond donors (Lipinski definition) is 1. The Morgan fingerprint density at radius 2 is 1.95 bits per heavy atom. The van der Waals surface area contributed by atoms with E-state index >= 15 is 0 Å². The van der Waals surface area contributed by atoms with E-state index in [4.69, 9.17) is 0 Å². The minimum Gasteiger partial charge on any atom is -0.434 e. The largest absolute Gasteiger partial charge is 0.434 e. The van der Waals surface area contributed by atoms with Crippen LogP contribution in [-0.2, 0) is 6.54 Å². The maximum atomic E-state index is 12.4. The summed E-state index contributed by atoms with van der Waals surface area (Å²) in [6.07, 6.45) is 0. The number of rotatable bonds is 5. The van der Waals surface area contributed by atoms with Crippen LogP contribution in [0.3, 0.4) is 0 Å². The molecule has 1 N–H and O–H groups in total. The van der Waals surface area contributed by atoms with Crippen LogP contribution in [0.25, 0.3) is 0 Å². The van der Waals surface area contributed by atoms with Crippen molar-refractivity contribution in [3.8, 4) is 5.75 Å². The van der Waals surface area contributed by atoms with Crippen LogP contribution in [0.5, 0.6) is 5.75 Å². The van der Waals surface area contributed by atoms with Crippen molar-refractivity contribution >= 4 is 37.5 Å². The van der Waals surface area contributed by atoms with E-state index in [0.717, 1.165) is 20.2 Å². The number of alkyl halides is 2. The molecule has 0 atom stereocenters. The molecule has 112 valence electrons. The first-order valence-electron chi connectivity index (χ1n) is 6.19. The Morgan fingerprint density at radius 3 is 2.67 bits per heavy atom. The van der Waals surface area contributed by atoms with Gasteiger partial charge < -0.3 is 10.1 Å². The van der Waals surface area contributed by atoms with E-state index in [1.807, 2.05) is 25.1 Å². The topological polar surface area (TPSA) is 21.3 Å². The van der Waals surface area contributed by atoms with Gasteiger partial charge >= 0.3 is 6.61 Å². The van der Waals surface area contributed by atoms with Gasteiger partial charge in [0.2, 0.25) is 0 Å². The number of halogens is 4. The zero-order valence-electron chi connectivity index (χ0n) is 11.2. The van der Waals surface area contributed by atoms with E-state index in [9.17, 15) is 8.78 Å². The molecule has 0 spiro atoms. The van der Waals surface area contributed by atoms with Crippen LogP contribution in [0.2, 0.25) is 0 Å². The summed E-state index contributed by atoms with van der Waals surface area (Å²) in [6, 6.07) is 10.8. The second kappa shape index (κ2) is 7.22. The SMILES string of the molecule is Cc1cccc(NCc2cc(Br)ccc2OC(F)F)c1Br. The predicted octanol–water partition coefficient (Wildman–Crippen LogP) is 5.73. The zero-order valence-corrected chi connectivity index (χ0v) is 14.3. The number of anilines is 1. The van der Waals surface area contributed by atoms with Crippen molar-refractivity contribution in [2.24, 2.45) is 0 Å². The van der Waals surface area contributed by atoms with Gasteiger partial charge in [-0.1, -0.05) is 28.1 Å². The Kier molecular flexibility index (Phi) is 5.58. The van der Waals surface area contributed by atoms with Gasteiger partial charge in [0.1, 0.15) is 5.75 Å². The third-order valence-electron chi connectivity index (χ3n) is 2.90. The summed E-state index contributed by atoms with van der Waals surface area (Å²) in [7, 11) is 0. The molecule has 0 aliphatic rings. The van der Waals surface area contributed by atoms with Gasteiger partial charge in [-0.25, -0.2) is 0 Å². The van der Waals surface area contributed by atoms with Crippen LogP contribution < -0.4 is 10.1 Å². The van der Waals surface area contributed by atoms with Gasteiger partial charge in [0, 0.05) is 26.7 Å². The van der Waals surface area contributed by atoms with E-state index < -0.39 is 6.61 Å². The highest BCUT2D eigenvalue weighted by Crippen LogP contribution is 2.29. The maximum absolute atomic E-state index is 12.4. The summed E-state index contributed by atoms with van der Waals surface area (Å²) >= 11 is 6.84. The van der Waals surface area contributed by atoms with Crippen molar-refractivity contribution in [2.45, 2.75) is 20.1 Å². The molecular formula is C15H13Br2F2NO. The molecule has 2 nitrogen and oxygen atoms in total. The van der Waals surface area contributed by atoms with Gasteiger partial charge in [-0.3, -0.25) is 0 Å². The summed E-state index contributed by atoms with van der Waals surface area (Å²) in [5.41, 5.74) is 2.65. The Labute approximate surface area is 138 Å². The smallest absolute Gasteiger partial charge is 0.387 e. The lowest BCUT2D eigenvalue weighted by atomic mass is 10.2. The second-order valence-corrected chi connectivity index (χ2v) is 6.13. The highest BCUT2D eigenvalue weighted by atomic mass is 79.9. The average Bonchev–Trinajstić information content (AvgIpc) is 2.42. The average molecular weight is 421 g/mol. The number of hydrogen-bond acceptors (Lipinski definition) is 2. The van der Waals surface area contributed by atoms with Crippen LogP contribution >= 0.6 is 31.9 Å². The van der Waals surface area contributed by atoms with Gasteiger partial charge in [0.15, 0.2) is 0 Å². The molecule has 2 aromatic rings. The highest BCUT2D eigenvalue weighted by Gasteiger charge is 2.11. The molecule has 0 aliphatic carbocycles. The molecule has 21 heavy (non-hydrogen) atoms. The molecule has 0 saturated carbocycles. The van der Waals surface area contributed by atoms with Crippen molar-refractivity contribution in [3.63, 3.8) is 0 Å². The summed E-state index contributed by atoms with van der Waals surface area (Å²) in [6.45, 7) is -0.473. The lowest BCUT2D eigenvalue weighted by Crippen LogP contribution is -2.07. The Balaban J connectivity index is 2.19. The lowest BCUT2D eigenvalue weighted by Gasteiger charge is -2.14. The molecule has 0 radical (unpaired) electrons. The first-order valence-corrected chi connectivity index (χ1v) is 7.78. The minimum absolute atomic E-state index is 0.171. The van der Waals surface area contributed by atoms with E-state index in [-0.39, 0.29) is 5.75 Å². The van der Waals surface area contributed by atoms with Gasteiger partial charge in [-0.2, -0.15) is 8.78 Å². The van der Waals surface area contributed by atoms with Gasteiger partial charge in [-0.15, -0.1) is 0 Å². The lowest BCUT2D eigenvalue weighted by molar-refractivity contribution is -0.0504. The molecule has 0 unspecified atom stereocenters. The van der Waals surface area contributed by atoms with Gasteiger partial charge in [0.05, 0.1) is 0 Å². The van der Waals surface area contributed by atoms with Crippen molar-refractivity contribution in [1.29, 1.82) is 0 Å². The fourth-order valence-electron chi connectivity index (χ4n) is 1.87. The third-order valence-corrected chi connectivity index (χ3v) is 4.45. The van der Waals surface area contributed by atoms with Crippen LogP contribution in [0.15, 0.2) is 45.3 Å². The predicted molar refractivity (Wildman–Crippen MR) is 87.0 cm³/mol. The highest BCUT2D eigenvalue weighted by molar-refractivity contribution is 9.11.